The van der Waals surface area contributed by atoms with Gasteiger partial charge >= 0.3 is 6.09 Å². The predicted octanol–water partition coefficient (Wildman–Crippen LogP) is 2.04. The molecule has 0 fully saturated rings. The third-order valence-electron chi connectivity index (χ3n) is 2.57. The van der Waals surface area contributed by atoms with Crippen molar-refractivity contribution >= 4 is 6.09 Å². The van der Waals surface area contributed by atoms with Gasteiger partial charge in [-0.15, -0.1) is 0 Å². The Bertz CT molecular complexity index is 278. The summed E-state index contributed by atoms with van der Waals surface area (Å²) in [7, 11) is 0. The van der Waals surface area contributed by atoms with Crippen molar-refractivity contribution in [3.63, 3.8) is 0 Å². The van der Waals surface area contributed by atoms with Crippen LogP contribution in [0.4, 0.5) is 4.79 Å². The third-order valence-corrected chi connectivity index (χ3v) is 2.57. The molecule has 0 heterocycles. The van der Waals surface area contributed by atoms with Crippen molar-refractivity contribution in [3.8, 4) is 0 Å². The molecule has 6 heteroatoms. The van der Waals surface area contributed by atoms with Crippen LogP contribution in [0.25, 0.3) is 0 Å². The maximum absolute atomic E-state index is 11.2. The second kappa shape index (κ2) is 12.7. The van der Waals surface area contributed by atoms with Gasteiger partial charge in [0, 0.05) is 19.6 Å². The minimum atomic E-state index is -0.390. The Morgan fingerprint density at radius 3 is 2.18 bits per heavy atom. The van der Waals surface area contributed by atoms with Gasteiger partial charge in [0.15, 0.2) is 0 Å². The van der Waals surface area contributed by atoms with Crippen LogP contribution in [0.3, 0.4) is 0 Å². The Kier molecular flexibility index (Phi) is 12.2. The van der Waals surface area contributed by atoms with Crippen LogP contribution in [0, 0.1) is 11.3 Å². The fraction of sp³-hybridized carbons (Fsp3) is 0.938. The molecule has 0 rings (SSSR count). The quantitative estimate of drug-likeness (QED) is 0.539. The summed E-state index contributed by atoms with van der Waals surface area (Å²) >= 11 is 0. The Morgan fingerprint density at radius 1 is 1.00 bits per heavy atom. The van der Waals surface area contributed by atoms with Gasteiger partial charge in [-0.2, -0.15) is 0 Å². The van der Waals surface area contributed by atoms with Crippen molar-refractivity contribution in [2.24, 2.45) is 11.3 Å². The molecule has 0 aromatic rings. The molecule has 0 atom stereocenters. The molecule has 132 valence electrons. The van der Waals surface area contributed by atoms with E-state index in [9.17, 15) is 4.79 Å². The highest BCUT2D eigenvalue weighted by Gasteiger charge is 2.08. The van der Waals surface area contributed by atoms with Gasteiger partial charge in [0.1, 0.15) is 6.61 Å². The minimum absolute atomic E-state index is 0.261. The van der Waals surface area contributed by atoms with E-state index in [1.165, 1.54) is 0 Å². The average Bonchev–Trinajstić information content (AvgIpc) is 2.41. The van der Waals surface area contributed by atoms with Crippen molar-refractivity contribution < 1.29 is 19.0 Å². The van der Waals surface area contributed by atoms with E-state index in [0.29, 0.717) is 44.3 Å². The summed E-state index contributed by atoms with van der Waals surface area (Å²) in [5.74, 6) is 0.416. The third kappa shape index (κ3) is 17.2. The van der Waals surface area contributed by atoms with Crippen molar-refractivity contribution in [3.05, 3.63) is 0 Å². The van der Waals surface area contributed by atoms with Gasteiger partial charge in [-0.25, -0.2) is 4.79 Å². The van der Waals surface area contributed by atoms with E-state index in [1.807, 2.05) is 13.8 Å². The molecule has 0 aromatic carbocycles. The highest BCUT2D eigenvalue weighted by Crippen LogP contribution is 2.09. The van der Waals surface area contributed by atoms with Gasteiger partial charge in [0.2, 0.25) is 0 Å². The topological polar surface area (TPSA) is 68.8 Å². The molecule has 0 aliphatic heterocycles. The van der Waals surface area contributed by atoms with E-state index in [0.717, 1.165) is 13.1 Å². The highest BCUT2D eigenvalue weighted by molar-refractivity contribution is 5.67. The molecule has 0 aromatic heterocycles. The highest BCUT2D eigenvalue weighted by atomic mass is 16.6. The molecular formula is C16H34N2O4. The lowest BCUT2D eigenvalue weighted by Crippen LogP contribution is -2.30. The van der Waals surface area contributed by atoms with Crippen molar-refractivity contribution in [1.82, 2.24) is 10.6 Å². The van der Waals surface area contributed by atoms with E-state index in [4.69, 9.17) is 14.2 Å². The van der Waals surface area contributed by atoms with Gasteiger partial charge in [0.25, 0.3) is 0 Å². The van der Waals surface area contributed by atoms with Crippen LogP contribution in [0.2, 0.25) is 0 Å². The molecule has 0 saturated heterocycles. The largest absolute Gasteiger partial charge is 0.447 e. The summed E-state index contributed by atoms with van der Waals surface area (Å²) < 4.78 is 15.7. The first-order chi connectivity index (χ1) is 10.3. The fourth-order valence-electron chi connectivity index (χ4n) is 1.46. The first kappa shape index (κ1) is 21.1. The number of carbonyl (C=O) groups is 1. The van der Waals surface area contributed by atoms with Crippen molar-refractivity contribution in [2.75, 3.05) is 52.7 Å². The summed E-state index contributed by atoms with van der Waals surface area (Å²) in [6.45, 7) is 15.5. The maximum Gasteiger partial charge on any atom is 0.407 e. The Hall–Kier alpha value is -0.850. The number of rotatable bonds is 12. The number of nitrogens with one attached hydrogen (secondary N) is 2. The zero-order chi connectivity index (χ0) is 16.8. The molecule has 0 bridgehead atoms. The van der Waals surface area contributed by atoms with Crippen LogP contribution in [0.5, 0.6) is 0 Å². The molecule has 22 heavy (non-hydrogen) atoms. The van der Waals surface area contributed by atoms with Crippen LogP contribution < -0.4 is 10.6 Å². The van der Waals surface area contributed by atoms with E-state index in [1.54, 1.807) is 0 Å². The average molecular weight is 318 g/mol. The standard InChI is InChI=1S/C16H34N2O4/c1-14(2)12-18-15(19)22-11-10-21-9-8-20-7-6-17-13-16(3,4)5/h14,17H,6-13H2,1-5H3,(H,18,19). The number of hydrogen-bond acceptors (Lipinski definition) is 5. The smallest absolute Gasteiger partial charge is 0.407 e. The van der Waals surface area contributed by atoms with Crippen LogP contribution >= 0.6 is 0 Å². The van der Waals surface area contributed by atoms with Gasteiger partial charge < -0.3 is 24.8 Å². The molecule has 1 amide bonds. The second-order valence-corrected chi connectivity index (χ2v) is 6.87. The molecule has 0 spiro atoms. The number of hydrogen-bond donors (Lipinski definition) is 2. The van der Waals surface area contributed by atoms with Crippen LogP contribution in [-0.4, -0.2) is 58.8 Å². The first-order valence-electron chi connectivity index (χ1n) is 8.08. The van der Waals surface area contributed by atoms with Gasteiger partial charge in [-0.1, -0.05) is 34.6 Å². The molecule has 0 radical (unpaired) electrons. The number of carbonyl (C=O) groups excluding carboxylic acids is 1. The summed E-state index contributed by atoms with van der Waals surface area (Å²) in [5.41, 5.74) is 0.296. The van der Waals surface area contributed by atoms with E-state index in [-0.39, 0.29) is 6.61 Å². The Morgan fingerprint density at radius 2 is 1.59 bits per heavy atom. The number of ether oxygens (including phenoxy) is 3. The van der Waals surface area contributed by atoms with Crippen molar-refractivity contribution in [2.45, 2.75) is 34.6 Å². The molecule has 6 nitrogen and oxygen atoms in total. The van der Waals surface area contributed by atoms with Crippen LogP contribution in [0.1, 0.15) is 34.6 Å². The summed E-state index contributed by atoms with van der Waals surface area (Å²) in [4.78, 5) is 11.2. The van der Waals surface area contributed by atoms with Crippen LogP contribution in [-0.2, 0) is 14.2 Å². The molecule has 0 aliphatic rings. The minimum Gasteiger partial charge on any atom is -0.447 e. The summed E-state index contributed by atoms with van der Waals surface area (Å²) in [6.07, 6.45) is -0.390. The Labute approximate surface area is 135 Å². The maximum atomic E-state index is 11.2. The second-order valence-electron chi connectivity index (χ2n) is 6.87. The van der Waals surface area contributed by atoms with Gasteiger partial charge in [0.05, 0.1) is 26.4 Å². The molecule has 0 saturated carbocycles. The van der Waals surface area contributed by atoms with Gasteiger partial charge in [-0.3, -0.25) is 0 Å². The lowest BCUT2D eigenvalue weighted by molar-refractivity contribution is 0.0285. The Balaban J connectivity index is 3.19. The first-order valence-corrected chi connectivity index (χ1v) is 8.08. The fourth-order valence-corrected chi connectivity index (χ4v) is 1.46. The lowest BCUT2D eigenvalue weighted by atomic mass is 9.97. The molecule has 2 N–H and O–H groups in total. The van der Waals surface area contributed by atoms with Crippen molar-refractivity contribution in [1.29, 1.82) is 0 Å². The zero-order valence-corrected chi connectivity index (χ0v) is 14.9. The normalized spacial score (nSPS) is 11.7. The number of amides is 1. The van der Waals surface area contributed by atoms with E-state index < -0.39 is 6.09 Å². The predicted molar refractivity (Wildman–Crippen MR) is 88.2 cm³/mol. The zero-order valence-electron chi connectivity index (χ0n) is 14.9. The summed E-state index contributed by atoms with van der Waals surface area (Å²) in [5, 5.41) is 6.01. The molecule has 0 unspecified atom stereocenters. The molecule has 0 aliphatic carbocycles. The van der Waals surface area contributed by atoms with Crippen LogP contribution in [0.15, 0.2) is 0 Å². The van der Waals surface area contributed by atoms with E-state index in [2.05, 4.69) is 31.4 Å². The summed E-state index contributed by atoms with van der Waals surface area (Å²) in [6, 6.07) is 0. The molecular weight excluding hydrogens is 284 g/mol. The SMILES string of the molecule is CC(C)CNC(=O)OCCOCCOCCNCC(C)(C)C. The lowest BCUT2D eigenvalue weighted by Gasteiger charge is -2.18. The van der Waals surface area contributed by atoms with E-state index >= 15 is 0 Å². The van der Waals surface area contributed by atoms with Gasteiger partial charge in [-0.05, 0) is 11.3 Å². The monoisotopic (exact) mass is 318 g/mol. The number of alkyl carbamates (subject to hydrolysis) is 1.